The normalized spacial score (nSPS) is 9.74. The number of carbonyl (C=O) groups is 2. The standard InChI is InChI=1S/C14H11BrN2O2/c15-12-8-11(16-9-18)6-7-13(12)17-14(19)10-4-2-1-3-5-10/h1-9H,(H,16,18)(H,17,19). The van der Waals surface area contributed by atoms with E-state index in [1.54, 1.807) is 42.5 Å². The quantitative estimate of drug-likeness (QED) is 0.850. The Balaban J connectivity index is 2.15. The van der Waals surface area contributed by atoms with Crippen molar-refractivity contribution in [1.82, 2.24) is 0 Å². The van der Waals surface area contributed by atoms with Crippen molar-refractivity contribution in [2.75, 3.05) is 10.6 Å². The summed E-state index contributed by atoms with van der Waals surface area (Å²) in [6, 6.07) is 14.1. The molecule has 2 N–H and O–H groups in total. The highest BCUT2D eigenvalue weighted by molar-refractivity contribution is 9.10. The van der Waals surface area contributed by atoms with Crippen molar-refractivity contribution in [3.05, 3.63) is 58.6 Å². The highest BCUT2D eigenvalue weighted by Crippen LogP contribution is 2.26. The van der Waals surface area contributed by atoms with Crippen LogP contribution in [0.25, 0.3) is 0 Å². The molecule has 0 saturated heterocycles. The summed E-state index contributed by atoms with van der Waals surface area (Å²) in [6.45, 7) is 0. The maximum absolute atomic E-state index is 12.0. The highest BCUT2D eigenvalue weighted by atomic mass is 79.9. The molecule has 5 heteroatoms. The maximum Gasteiger partial charge on any atom is 0.255 e. The van der Waals surface area contributed by atoms with Crippen LogP contribution >= 0.6 is 15.9 Å². The molecule has 0 aromatic heterocycles. The highest BCUT2D eigenvalue weighted by Gasteiger charge is 2.08. The summed E-state index contributed by atoms with van der Waals surface area (Å²) in [5, 5.41) is 5.33. The van der Waals surface area contributed by atoms with Gasteiger partial charge in [-0.25, -0.2) is 0 Å². The number of anilines is 2. The molecule has 0 bridgehead atoms. The Morgan fingerprint density at radius 2 is 1.84 bits per heavy atom. The molecule has 0 aliphatic heterocycles. The first-order valence-electron chi connectivity index (χ1n) is 5.57. The van der Waals surface area contributed by atoms with Crippen LogP contribution < -0.4 is 10.6 Å². The predicted octanol–water partition coefficient (Wildman–Crippen LogP) is 3.27. The fourth-order valence-electron chi connectivity index (χ4n) is 1.56. The van der Waals surface area contributed by atoms with Crippen molar-refractivity contribution in [1.29, 1.82) is 0 Å². The average Bonchev–Trinajstić information content (AvgIpc) is 2.43. The number of amides is 2. The van der Waals surface area contributed by atoms with Gasteiger partial charge in [-0.2, -0.15) is 0 Å². The summed E-state index contributed by atoms with van der Waals surface area (Å²) < 4.78 is 0.698. The lowest BCUT2D eigenvalue weighted by atomic mass is 10.2. The number of carbonyl (C=O) groups excluding carboxylic acids is 2. The fraction of sp³-hybridized carbons (Fsp3) is 0. The van der Waals surface area contributed by atoms with Crippen molar-refractivity contribution < 1.29 is 9.59 Å². The van der Waals surface area contributed by atoms with E-state index >= 15 is 0 Å². The second-order valence-electron chi connectivity index (χ2n) is 3.78. The van der Waals surface area contributed by atoms with Gasteiger partial charge >= 0.3 is 0 Å². The zero-order chi connectivity index (χ0) is 13.7. The molecule has 0 heterocycles. The molecule has 0 unspecified atom stereocenters. The number of rotatable bonds is 4. The monoisotopic (exact) mass is 318 g/mol. The number of hydrogen-bond acceptors (Lipinski definition) is 2. The minimum absolute atomic E-state index is 0.183. The molecule has 19 heavy (non-hydrogen) atoms. The van der Waals surface area contributed by atoms with E-state index in [9.17, 15) is 9.59 Å². The van der Waals surface area contributed by atoms with Crippen molar-refractivity contribution in [3.8, 4) is 0 Å². The van der Waals surface area contributed by atoms with Gasteiger partial charge < -0.3 is 10.6 Å². The minimum atomic E-state index is -0.183. The molecule has 4 nitrogen and oxygen atoms in total. The van der Waals surface area contributed by atoms with Crippen molar-refractivity contribution in [3.63, 3.8) is 0 Å². The summed E-state index contributed by atoms with van der Waals surface area (Å²) in [6.07, 6.45) is 0.601. The summed E-state index contributed by atoms with van der Waals surface area (Å²) in [4.78, 5) is 22.3. The Kier molecular flexibility index (Phi) is 4.30. The second kappa shape index (κ2) is 6.15. The van der Waals surface area contributed by atoms with Crippen LogP contribution in [-0.2, 0) is 4.79 Å². The van der Waals surface area contributed by atoms with Gasteiger partial charge in [0.25, 0.3) is 5.91 Å². The van der Waals surface area contributed by atoms with Crippen LogP contribution in [0.2, 0.25) is 0 Å². The lowest BCUT2D eigenvalue weighted by molar-refractivity contribution is -0.105. The molecule has 0 atom stereocenters. The molecule has 96 valence electrons. The number of hydrogen-bond donors (Lipinski definition) is 2. The van der Waals surface area contributed by atoms with Gasteiger partial charge in [0.05, 0.1) is 5.69 Å². The first kappa shape index (κ1) is 13.3. The first-order valence-corrected chi connectivity index (χ1v) is 6.36. The van der Waals surface area contributed by atoms with Crippen molar-refractivity contribution >= 4 is 39.6 Å². The van der Waals surface area contributed by atoms with Crippen molar-refractivity contribution in [2.24, 2.45) is 0 Å². The van der Waals surface area contributed by atoms with Crippen LogP contribution in [0.4, 0.5) is 11.4 Å². The molecule has 0 aliphatic carbocycles. The molecule has 0 radical (unpaired) electrons. The van der Waals surface area contributed by atoms with Gasteiger partial charge in [-0.15, -0.1) is 0 Å². The molecule has 0 spiro atoms. The molecule has 2 aromatic carbocycles. The molecule has 2 rings (SSSR count). The van der Waals surface area contributed by atoms with Crippen LogP contribution in [0.3, 0.4) is 0 Å². The van der Waals surface area contributed by atoms with Crippen LogP contribution in [0.1, 0.15) is 10.4 Å². The van der Waals surface area contributed by atoms with Gasteiger partial charge in [0.1, 0.15) is 0 Å². The third-order valence-corrected chi connectivity index (χ3v) is 3.13. The van der Waals surface area contributed by atoms with E-state index in [0.29, 0.717) is 27.8 Å². The van der Waals surface area contributed by atoms with Crippen LogP contribution in [-0.4, -0.2) is 12.3 Å². The topological polar surface area (TPSA) is 58.2 Å². The SMILES string of the molecule is O=CNc1ccc(NC(=O)c2ccccc2)c(Br)c1. The zero-order valence-electron chi connectivity index (χ0n) is 9.89. The lowest BCUT2D eigenvalue weighted by Crippen LogP contribution is -2.12. The van der Waals surface area contributed by atoms with Crippen molar-refractivity contribution in [2.45, 2.75) is 0 Å². The molecular weight excluding hydrogens is 308 g/mol. The Labute approximate surface area is 119 Å². The first-order chi connectivity index (χ1) is 9.20. The van der Waals surface area contributed by atoms with Crippen LogP contribution in [0.15, 0.2) is 53.0 Å². The molecular formula is C14H11BrN2O2. The van der Waals surface area contributed by atoms with E-state index in [2.05, 4.69) is 26.6 Å². The number of nitrogens with one attached hydrogen (secondary N) is 2. The fourth-order valence-corrected chi connectivity index (χ4v) is 2.04. The predicted molar refractivity (Wildman–Crippen MR) is 78.2 cm³/mol. The van der Waals surface area contributed by atoms with E-state index in [0.717, 1.165) is 0 Å². The molecule has 0 aliphatic rings. The Bertz CT molecular complexity index is 600. The minimum Gasteiger partial charge on any atom is -0.329 e. The van der Waals surface area contributed by atoms with Gasteiger partial charge in [-0.1, -0.05) is 18.2 Å². The summed E-state index contributed by atoms with van der Waals surface area (Å²) >= 11 is 3.35. The van der Waals surface area contributed by atoms with E-state index < -0.39 is 0 Å². The summed E-state index contributed by atoms with van der Waals surface area (Å²) in [5.74, 6) is -0.183. The maximum atomic E-state index is 12.0. The Hall–Kier alpha value is -2.14. The van der Waals surface area contributed by atoms with Crippen LogP contribution in [0.5, 0.6) is 0 Å². The van der Waals surface area contributed by atoms with E-state index in [1.807, 2.05) is 6.07 Å². The number of halogens is 1. The summed E-state index contributed by atoms with van der Waals surface area (Å²) in [5.41, 5.74) is 1.88. The van der Waals surface area contributed by atoms with Crippen LogP contribution in [0, 0.1) is 0 Å². The smallest absolute Gasteiger partial charge is 0.255 e. The van der Waals surface area contributed by atoms with Gasteiger partial charge in [-0.05, 0) is 46.3 Å². The second-order valence-corrected chi connectivity index (χ2v) is 4.63. The molecule has 2 amide bonds. The molecule has 0 fully saturated rings. The van der Waals surface area contributed by atoms with Gasteiger partial charge in [0.2, 0.25) is 6.41 Å². The molecule has 2 aromatic rings. The van der Waals surface area contributed by atoms with Gasteiger partial charge in [0, 0.05) is 15.7 Å². The van der Waals surface area contributed by atoms with Gasteiger partial charge in [-0.3, -0.25) is 9.59 Å². The Morgan fingerprint density at radius 3 is 2.47 bits per heavy atom. The van der Waals surface area contributed by atoms with E-state index in [1.165, 1.54) is 0 Å². The van der Waals surface area contributed by atoms with E-state index in [4.69, 9.17) is 0 Å². The molecule has 0 saturated carbocycles. The third kappa shape index (κ3) is 3.42. The average molecular weight is 319 g/mol. The lowest BCUT2D eigenvalue weighted by Gasteiger charge is -2.08. The zero-order valence-corrected chi connectivity index (χ0v) is 11.5. The third-order valence-electron chi connectivity index (χ3n) is 2.48. The Morgan fingerprint density at radius 1 is 1.11 bits per heavy atom. The van der Waals surface area contributed by atoms with Gasteiger partial charge in [0.15, 0.2) is 0 Å². The number of benzene rings is 2. The summed E-state index contributed by atoms with van der Waals surface area (Å²) in [7, 11) is 0. The van der Waals surface area contributed by atoms with E-state index in [-0.39, 0.29) is 5.91 Å². The largest absolute Gasteiger partial charge is 0.329 e.